The Morgan fingerprint density at radius 3 is 2.25 bits per heavy atom. The van der Waals surface area contributed by atoms with Gasteiger partial charge >= 0.3 is 6.03 Å². The lowest BCUT2D eigenvalue weighted by atomic mass is 9.92. The summed E-state index contributed by atoms with van der Waals surface area (Å²) in [6, 6.07) is -1.10. The predicted molar refractivity (Wildman–Crippen MR) is 77.7 cm³/mol. The molecule has 0 unspecified atom stereocenters. The van der Waals surface area contributed by atoms with Gasteiger partial charge in [0.15, 0.2) is 5.78 Å². The Labute approximate surface area is 120 Å². The van der Waals surface area contributed by atoms with Crippen molar-refractivity contribution in [2.45, 2.75) is 46.6 Å². The average molecular weight is 284 g/mol. The van der Waals surface area contributed by atoms with Gasteiger partial charge in [0.25, 0.3) is 0 Å². The highest BCUT2D eigenvalue weighted by atomic mass is 16.2. The molecule has 0 saturated carbocycles. The smallest absolute Gasteiger partial charge is 0.312 e. The molecule has 2 atom stereocenters. The molecule has 1 radical (unpaired) electrons. The van der Waals surface area contributed by atoms with Gasteiger partial charge in [-0.1, -0.05) is 20.8 Å². The van der Waals surface area contributed by atoms with E-state index in [-0.39, 0.29) is 23.5 Å². The summed E-state index contributed by atoms with van der Waals surface area (Å²) < 4.78 is 0. The van der Waals surface area contributed by atoms with Gasteiger partial charge in [-0.05, 0) is 32.1 Å². The van der Waals surface area contributed by atoms with Crippen LogP contribution >= 0.6 is 0 Å². The summed E-state index contributed by atoms with van der Waals surface area (Å²) >= 11 is 0. The van der Waals surface area contributed by atoms with Crippen molar-refractivity contribution in [2.24, 2.45) is 17.6 Å². The van der Waals surface area contributed by atoms with Crippen molar-refractivity contribution >= 4 is 17.7 Å². The Kier molecular flexibility index (Phi) is 8.59. The zero-order chi connectivity index (χ0) is 15.7. The third-order valence-electron chi connectivity index (χ3n) is 3.16. The van der Waals surface area contributed by atoms with Gasteiger partial charge in [0, 0.05) is 12.5 Å². The summed E-state index contributed by atoms with van der Waals surface area (Å²) in [4.78, 5) is 34.2. The molecule has 0 aliphatic rings. The maximum Gasteiger partial charge on any atom is 0.312 e. The van der Waals surface area contributed by atoms with Crippen LogP contribution in [0, 0.1) is 18.3 Å². The van der Waals surface area contributed by atoms with Crippen LogP contribution in [-0.4, -0.2) is 30.3 Å². The van der Waals surface area contributed by atoms with Gasteiger partial charge in [-0.15, -0.1) is 0 Å². The molecule has 115 valence electrons. The zero-order valence-electron chi connectivity index (χ0n) is 12.7. The van der Waals surface area contributed by atoms with Crippen LogP contribution in [0.3, 0.4) is 0 Å². The van der Waals surface area contributed by atoms with E-state index in [1.165, 1.54) is 6.92 Å². The number of carbonyl (C=O) groups is 3. The number of carbonyl (C=O) groups excluding carboxylic acids is 3. The van der Waals surface area contributed by atoms with Crippen molar-refractivity contribution in [3.05, 3.63) is 6.42 Å². The number of rotatable bonds is 9. The summed E-state index contributed by atoms with van der Waals surface area (Å²) in [5.41, 5.74) is 4.95. The molecule has 0 aromatic carbocycles. The molecule has 0 fully saturated rings. The summed E-state index contributed by atoms with van der Waals surface area (Å²) in [6.07, 6.45) is 2.90. The van der Waals surface area contributed by atoms with Crippen LogP contribution in [-0.2, 0) is 9.59 Å². The van der Waals surface area contributed by atoms with Crippen molar-refractivity contribution in [3.63, 3.8) is 0 Å². The van der Waals surface area contributed by atoms with E-state index in [1.54, 1.807) is 0 Å². The molecule has 6 heteroatoms. The second kappa shape index (κ2) is 9.34. The van der Waals surface area contributed by atoms with Gasteiger partial charge < -0.3 is 16.4 Å². The van der Waals surface area contributed by atoms with Gasteiger partial charge in [0.05, 0.1) is 6.04 Å². The molecule has 0 aliphatic carbocycles. The van der Waals surface area contributed by atoms with E-state index >= 15 is 0 Å². The highest BCUT2D eigenvalue weighted by molar-refractivity contribution is 5.88. The Morgan fingerprint density at radius 2 is 1.85 bits per heavy atom. The maximum atomic E-state index is 12.1. The average Bonchev–Trinajstić information content (AvgIpc) is 2.32. The molecular weight excluding hydrogens is 258 g/mol. The fourth-order valence-corrected chi connectivity index (χ4v) is 2.00. The predicted octanol–water partition coefficient (Wildman–Crippen LogP) is 1.01. The fraction of sp³-hybridized carbons (Fsp3) is 0.714. The van der Waals surface area contributed by atoms with Gasteiger partial charge in [0.1, 0.15) is 0 Å². The van der Waals surface area contributed by atoms with E-state index in [9.17, 15) is 14.4 Å². The molecule has 3 amide bonds. The third kappa shape index (κ3) is 7.11. The van der Waals surface area contributed by atoms with Crippen molar-refractivity contribution in [1.29, 1.82) is 0 Å². The van der Waals surface area contributed by atoms with Crippen LogP contribution in [0.25, 0.3) is 0 Å². The van der Waals surface area contributed by atoms with E-state index < -0.39 is 12.1 Å². The number of Topliss-reactive ketones (excluding diaryl/α,β-unsaturated/α-hetero) is 1. The Morgan fingerprint density at radius 1 is 1.25 bits per heavy atom. The minimum Gasteiger partial charge on any atom is -0.352 e. The first-order chi connectivity index (χ1) is 9.29. The number of nitrogens with two attached hydrogens (primary N) is 1. The van der Waals surface area contributed by atoms with Crippen LogP contribution in [0.5, 0.6) is 0 Å². The van der Waals surface area contributed by atoms with E-state index in [0.29, 0.717) is 19.4 Å². The highest BCUT2D eigenvalue weighted by Crippen LogP contribution is 2.14. The lowest BCUT2D eigenvalue weighted by Gasteiger charge is -2.22. The van der Waals surface area contributed by atoms with Crippen molar-refractivity contribution in [1.82, 2.24) is 10.6 Å². The van der Waals surface area contributed by atoms with Crippen molar-refractivity contribution < 1.29 is 14.4 Å². The summed E-state index contributed by atoms with van der Waals surface area (Å²) in [5.74, 6) is -0.244. The topological polar surface area (TPSA) is 101 Å². The Bertz CT molecular complexity index is 343. The monoisotopic (exact) mass is 284 g/mol. The number of amides is 3. The lowest BCUT2D eigenvalue weighted by molar-refractivity contribution is -0.129. The molecule has 0 bridgehead atoms. The van der Waals surface area contributed by atoms with Crippen molar-refractivity contribution in [3.8, 4) is 0 Å². The summed E-state index contributed by atoms with van der Waals surface area (Å²) in [5, 5.41) is 5.23. The normalized spacial score (nSPS) is 13.7. The van der Waals surface area contributed by atoms with Crippen LogP contribution in [0.4, 0.5) is 4.79 Å². The minimum atomic E-state index is -0.589. The molecule has 0 rings (SSSR count). The maximum absolute atomic E-state index is 12.1. The third-order valence-corrected chi connectivity index (χ3v) is 3.16. The Balaban J connectivity index is 4.36. The zero-order valence-corrected chi connectivity index (χ0v) is 12.7. The van der Waals surface area contributed by atoms with E-state index in [4.69, 9.17) is 5.73 Å². The van der Waals surface area contributed by atoms with Crippen molar-refractivity contribution in [2.75, 3.05) is 6.54 Å². The first-order valence-corrected chi connectivity index (χ1v) is 6.93. The molecule has 20 heavy (non-hydrogen) atoms. The summed E-state index contributed by atoms with van der Waals surface area (Å²) in [7, 11) is 0. The van der Waals surface area contributed by atoms with Crippen LogP contribution < -0.4 is 16.4 Å². The van der Waals surface area contributed by atoms with Gasteiger partial charge in [-0.3, -0.25) is 9.59 Å². The molecule has 6 nitrogen and oxygen atoms in total. The molecule has 0 heterocycles. The number of ketones is 1. The van der Waals surface area contributed by atoms with Gasteiger partial charge in [-0.2, -0.15) is 0 Å². The second-order valence-electron chi connectivity index (χ2n) is 5.21. The molecule has 0 aromatic heterocycles. The quantitative estimate of drug-likeness (QED) is 0.551. The highest BCUT2D eigenvalue weighted by Gasteiger charge is 2.24. The van der Waals surface area contributed by atoms with Crippen LogP contribution in [0.1, 0.15) is 40.5 Å². The fourth-order valence-electron chi connectivity index (χ4n) is 2.00. The number of nitrogens with one attached hydrogen (secondary N) is 2. The summed E-state index contributed by atoms with van der Waals surface area (Å²) in [6.45, 7) is 7.60. The molecule has 0 aromatic rings. The minimum absolute atomic E-state index is 0.0870. The lowest BCUT2D eigenvalue weighted by Crippen LogP contribution is -2.44. The number of primary amides is 1. The van der Waals surface area contributed by atoms with Crippen LogP contribution in [0.15, 0.2) is 0 Å². The Hall–Kier alpha value is -1.59. The van der Waals surface area contributed by atoms with Gasteiger partial charge in [0.2, 0.25) is 5.91 Å². The first-order valence-electron chi connectivity index (χ1n) is 6.93. The van der Waals surface area contributed by atoms with E-state index in [0.717, 1.165) is 0 Å². The number of hydrogen-bond donors (Lipinski definition) is 3. The molecule has 0 spiro atoms. The van der Waals surface area contributed by atoms with E-state index in [1.807, 2.05) is 27.2 Å². The standard InChI is InChI=1S/C14H26N3O3/c1-5-11(9(2)3)13(19)17-12(10(4)18)7-6-8-16-14(15)20/h5,9,11-12H,6-8H2,1-4H3,(H,17,19)(H3,15,16,20)/t11-,12-/m0/s1. The molecule has 0 aliphatic heterocycles. The number of hydrogen-bond acceptors (Lipinski definition) is 3. The second-order valence-corrected chi connectivity index (χ2v) is 5.21. The molecule has 4 N–H and O–H groups in total. The van der Waals surface area contributed by atoms with Crippen LogP contribution in [0.2, 0.25) is 0 Å². The SMILES string of the molecule is C[CH][C@H](C(=O)N[C@@H](CCCNC(N)=O)C(C)=O)C(C)C. The van der Waals surface area contributed by atoms with Gasteiger partial charge in [-0.25, -0.2) is 4.79 Å². The largest absolute Gasteiger partial charge is 0.352 e. The van der Waals surface area contributed by atoms with E-state index in [2.05, 4.69) is 10.6 Å². The number of urea groups is 1. The first kappa shape index (κ1) is 18.4. The molecular formula is C14H26N3O3. The molecule has 0 saturated heterocycles.